The Morgan fingerprint density at radius 3 is 0.985 bits per heavy atom. The summed E-state index contributed by atoms with van der Waals surface area (Å²) in [5.74, 6) is -1.04. The van der Waals surface area contributed by atoms with Crippen molar-refractivity contribution in [1.82, 2.24) is 0 Å². The molecule has 1 atom stereocenters. The number of carbonyl (C=O) groups excluding carboxylic acids is 3. The number of unbranched alkanes of at least 4 members (excludes halogenated alkanes) is 17. The Morgan fingerprint density at radius 1 is 0.323 bits per heavy atom. The molecule has 6 nitrogen and oxygen atoms in total. The maximum atomic E-state index is 12.8. The fraction of sp³-hybridized carbons (Fsp3) is 0.644. The van der Waals surface area contributed by atoms with Gasteiger partial charge in [-0.05, 0) is 96.3 Å². The Hall–Kier alpha value is -3.93. The zero-order valence-corrected chi connectivity index (χ0v) is 42.0. The Morgan fingerprint density at radius 2 is 0.615 bits per heavy atom. The predicted octanol–water partition coefficient (Wildman–Crippen LogP) is 17.5. The highest BCUT2D eigenvalue weighted by Gasteiger charge is 2.19. The Kier molecular flexibility index (Phi) is 49.5. The number of esters is 3. The van der Waals surface area contributed by atoms with E-state index in [-0.39, 0.29) is 44.0 Å². The quantitative estimate of drug-likeness (QED) is 0.0262. The van der Waals surface area contributed by atoms with Crippen LogP contribution < -0.4 is 0 Å². The molecule has 0 rings (SSSR count). The van der Waals surface area contributed by atoms with Gasteiger partial charge in [-0.2, -0.15) is 0 Å². The summed E-state index contributed by atoms with van der Waals surface area (Å²) in [7, 11) is 0. The number of allylic oxidation sites excluding steroid dienone is 18. The van der Waals surface area contributed by atoms with Crippen LogP contribution in [0.2, 0.25) is 0 Å². The summed E-state index contributed by atoms with van der Waals surface area (Å²) in [5.41, 5.74) is 0. The van der Waals surface area contributed by atoms with E-state index in [1.807, 2.05) is 0 Å². The molecule has 0 radical (unpaired) electrons. The first-order valence-corrected chi connectivity index (χ1v) is 26.4. The third-order valence-corrected chi connectivity index (χ3v) is 10.8. The summed E-state index contributed by atoms with van der Waals surface area (Å²) < 4.78 is 16.7. The maximum Gasteiger partial charge on any atom is 0.306 e. The van der Waals surface area contributed by atoms with Gasteiger partial charge in [0, 0.05) is 19.3 Å². The molecule has 0 N–H and O–H groups in total. The van der Waals surface area contributed by atoms with Gasteiger partial charge in [0.2, 0.25) is 0 Å². The second-order valence-electron chi connectivity index (χ2n) is 17.1. The molecule has 0 bridgehead atoms. The minimum Gasteiger partial charge on any atom is -0.462 e. The van der Waals surface area contributed by atoms with Gasteiger partial charge in [0.05, 0.1) is 0 Å². The highest BCUT2D eigenvalue weighted by Crippen LogP contribution is 2.14. The van der Waals surface area contributed by atoms with Crippen LogP contribution in [0.25, 0.3) is 0 Å². The van der Waals surface area contributed by atoms with Gasteiger partial charge >= 0.3 is 17.9 Å². The smallest absolute Gasteiger partial charge is 0.306 e. The van der Waals surface area contributed by atoms with E-state index in [0.29, 0.717) is 19.3 Å². The monoisotopic (exact) mass is 901 g/mol. The van der Waals surface area contributed by atoms with Crippen LogP contribution in [0.1, 0.15) is 226 Å². The van der Waals surface area contributed by atoms with Crippen LogP contribution in [0.3, 0.4) is 0 Å². The molecule has 65 heavy (non-hydrogen) atoms. The van der Waals surface area contributed by atoms with E-state index >= 15 is 0 Å². The fourth-order valence-electron chi connectivity index (χ4n) is 6.82. The lowest BCUT2D eigenvalue weighted by molar-refractivity contribution is -0.167. The Labute approximate surface area is 400 Å². The largest absolute Gasteiger partial charge is 0.462 e. The third kappa shape index (κ3) is 50.9. The number of rotatable bonds is 46. The lowest BCUT2D eigenvalue weighted by atomic mass is 10.0. The van der Waals surface area contributed by atoms with Gasteiger partial charge in [-0.3, -0.25) is 14.4 Å². The van der Waals surface area contributed by atoms with Crippen LogP contribution >= 0.6 is 0 Å². The average Bonchev–Trinajstić information content (AvgIpc) is 3.30. The van der Waals surface area contributed by atoms with Crippen molar-refractivity contribution in [1.29, 1.82) is 0 Å². The van der Waals surface area contributed by atoms with Crippen molar-refractivity contribution in [3.63, 3.8) is 0 Å². The molecule has 0 amide bonds. The molecule has 0 aromatic carbocycles. The highest BCUT2D eigenvalue weighted by atomic mass is 16.6. The first kappa shape index (κ1) is 61.1. The molecule has 0 aromatic rings. The minimum absolute atomic E-state index is 0.124. The van der Waals surface area contributed by atoms with Crippen molar-refractivity contribution < 1.29 is 28.6 Å². The molecule has 0 saturated carbocycles. The molecule has 0 spiro atoms. The number of ether oxygens (including phenoxy) is 3. The van der Waals surface area contributed by atoms with Gasteiger partial charge in [0.15, 0.2) is 6.10 Å². The van der Waals surface area contributed by atoms with E-state index in [1.54, 1.807) is 0 Å². The molecular formula is C59H96O6. The molecular weight excluding hydrogens is 805 g/mol. The molecule has 0 aliphatic rings. The van der Waals surface area contributed by atoms with Crippen molar-refractivity contribution in [2.24, 2.45) is 0 Å². The van der Waals surface area contributed by atoms with Crippen LogP contribution in [0.5, 0.6) is 0 Å². The summed E-state index contributed by atoms with van der Waals surface area (Å²) >= 11 is 0. The zero-order valence-electron chi connectivity index (χ0n) is 42.0. The van der Waals surface area contributed by atoms with Crippen molar-refractivity contribution in [3.8, 4) is 0 Å². The van der Waals surface area contributed by atoms with Gasteiger partial charge in [-0.15, -0.1) is 0 Å². The number of hydrogen-bond donors (Lipinski definition) is 0. The maximum absolute atomic E-state index is 12.8. The SMILES string of the molecule is CC/C=C\C/C=C\C/C=C\C/C=C\C/C=C\CCCC(=O)OC[C@H](COC(=O)CCC/C=C\C/C=C\C/C=C\C/C=C\CCCCC)OC(=O)CCCCCCCCCCCCCCC. The van der Waals surface area contributed by atoms with Crippen LogP contribution in [0.15, 0.2) is 109 Å². The van der Waals surface area contributed by atoms with Crippen molar-refractivity contribution >= 4 is 17.9 Å². The van der Waals surface area contributed by atoms with Crippen LogP contribution in [-0.2, 0) is 28.6 Å². The summed E-state index contributed by atoms with van der Waals surface area (Å²) in [6.45, 7) is 6.39. The van der Waals surface area contributed by atoms with Crippen molar-refractivity contribution in [2.75, 3.05) is 13.2 Å². The molecule has 0 aliphatic heterocycles. The summed E-state index contributed by atoms with van der Waals surface area (Å²) in [6.07, 6.45) is 70.8. The molecule has 0 aromatic heterocycles. The Balaban J connectivity index is 4.56. The topological polar surface area (TPSA) is 78.9 Å². The van der Waals surface area contributed by atoms with Gasteiger partial charge in [-0.1, -0.05) is 220 Å². The van der Waals surface area contributed by atoms with Gasteiger partial charge in [0.25, 0.3) is 0 Å². The van der Waals surface area contributed by atoms with Gasteiger partial charge < -0.3 is 14.2 Å². The lowest BCUT2D eigenvalue weighted by Gasteiger charge is -2.18. The molecule has 0 fully saturated rings. The number of hydrogen-bond acceptors (Lipinski definition) is 6. The van der Waals surface area contributed by atoms with Crippen molar-refractivity contribution in [2.45, 2.75) is 232 Å². The second kappa shape index (κ2) is 52.7. The fourth-order valence-corrected chi connectivity index (χ4v) is 6.82. The minimum atomic E-state index is -0.822. The molecule has 6 heteroatoms. The van der Waals surface area contributed by atoms with Gasteiger partial charge in [0.1, 0.15) is 13.2 Å². The first-order chi connectivity index (χ1) is 32.0. The van der Waals surface area contributed by atoms with E-state index < -0.39 is 6.10 Å². The molecule has 0 heterocycles. The van der Waals surface area contributed by atoms with Gasteiger partial charge in [-0.25, -0.2) is 0 Å². The average molecular weight is 901 g/mol. The standard InChI is InChI=1S/C59H96O6/c1-4-7-10-13-16-19-22-25-27-29-31-34-36-39-42-45-48-51-57(60)63-54-56(65-59(62)53-50-47-44-41-38-33-24-21-18-15-12-9-6-3)55-64-58(61)52-49-46-43-40-37-35-32-30-28-26-23-20-17-14-11-8-5-2/h7,10,16-17,19-20,25-28,31-32,34-35,39-40,42-43,56H,4-6,8-9,11-15,18,21-24,29-30,33,36-38,41,44-55H2,1-3H3/b10-7-,19-16-,20-17-,27-25-,28-26-,34-31-,35-32-,42-39-,43-40-/t56-/m1/s1. The van der Waals surface area contributed by atoms with E-state index in [1.165, 1.54) is 89.9 Å². The Bertz CT molecular complexity index is 1360. The molecule has 0 aliphatic carbocycles. The summed E-state index contributed by atoms with van der Waals surface area (Å²) in [5, 5.41) is 0. The molecule has 368 valence electrons. The summed E-state index contributed by atoms with van der Waals surface area (Å²) in [6, 6.07) is 0. The lowest BCUT2D eigenvalue weighted by Crippen LogP contribution is -2.30. The number of carbonyl (C=O) groups is 3. The van der Waals surface area contributed by atoms with Crippen LogP contribution in [0, 0.1) is 0 Å². The second-order valence-corrected chi connectivity index (χ2v) is 17.1. The third-order valence-electron chi connectivity index (χ3n) is 10.8. The van der Waals surface area contributed by atoms with E-state index in [0.717, 1.165) is 83.5 Å². The van der Waals surface area contributed by atoms with Crippen LogP contribution in [0.4, 0.5) is 0 Å². The molecule has 0 saturated heterocycles. The first-order valence-electron chi connectivity index (χ1n) is 26.4. The summed E-state index contributed by atoms with van der Waals surface area (Å²) in [4.78, 5) is 38.0. The predicted molar refractivity (Wildman–Crippen MR) is 279 cm³/mol. The van der Waals surface area contributed by atoms with E-state index in [4.69, 9.17) is 14.2 Å². The van der Waals surface area contributed by atoms with E-state index in [2.05, 4.69) is 130 Å². The van der Waals surface area contributed by atoms with Crippen molar-refractivity contribution in [3.05, 3.63) is 109 Å². The molecule has 0 unspecified atom stereocenters. The highest BCUT2D eigenvalue weighted by molar-refractivity contribution is 5.71. The van der Waals surface area contributed by atoms with Crippen LogP contribution in [-0.4, -0.2) is 37.2 Å². The normalized spacial score (nSPS) is 13.0. The zero-order chi connectivity index (χ0) is 47.2. The van der Waals surface area contributed by atoms with E-state index in [9.17, 15) is 14.4 Å².